The highest BCUT2D eigenvalue weighted by Gasteiger charge is 2.49. The van der Waals surface area contributed by atoms with Crippen LogP contribution in [0, 0.1) is 0 Å². The van der Waals surface area contributed by atoms with Gasteiger partial charge in [-0.05, 0) is 112 Å². The average molecular weight is 1400 g/mol. The smallest absolute Gasteiger partial charge is 0.252 e. The molecule has 3 aromatic heterocycles. The van der Waals surface area contributed by atoms with Gasteiger partial charge in [0.25, 0.3) is 6.71 Å². The Bertz CT molecular complexity index is 6800. The minimum atomic E-state index is -0.451. The Kier molecular flexibility index (Phi) is 12.9. The zero-order chi connectivity index (χ0) is 71.8. The summed E-state index contributed by atoms with van der Waals surface area (Å²) in [5.74, 6) is 2.99. The number of para-hydroxylation sites is 12. The molecule has 0 N–H and O–H groups in total. The van der Waals surface area contributed by atoms with Crippen molar-refractivity contribution in [2.75, 3.05) is 9.80 Å². The molecule has 0 spiro atoms. The Balaban J connectivity index is 0.967. The fraction of sp³-hybridized carbons (Fsp3) is 0. The predicted octanol–water partition coefficient (Wildman–Crippen LogP) is 25.3. The molecule has 110 heavy (non-hydrogen) atoms. The molecule has 0 amide bonds. The number of anilines is 6. The van der Waals surface area contributed by atoms with Gasteiger partial charge in [-0.25, -0.2) is 0 Å². The van der Waals surface area contributed by atoms with E-state index in [9.17, 15) is 0 Å². The van der Waals surface area contributed by atoms with Gasteiger partial charge >= 0.3 is 0 Å². The predicted molar refractivity (Wildman–Crippen MR) is 456 cm³/mol. The third-order valence-corrected chi connectivity index (χ3v) is 23.6. The Morgan fingerprint density at radius 1 is 0.209 bits per heavy atom. The summed E-state index contributed by atoms with van der Waals surface area (Å²) >= 11 is 0. The molecule has 0 saturated heterocycles. The number of hydrogen-bond donors (Lipinski definition) is 0. The van der Waals surface area contributed by atoms with E-state index in [0.29, 0.717) is 0 Å². The number of hydrogen-bond acceptors (Lipinski definition) is 4. The van der Waals surface area contributed by atoms with Crippen molar-refractivity contribution < 1.29 is 9.47 Å². The molecule has 0 fully saturated rings. The highest BCUT2D eigenvalue weighted by molar-refractivity contribution is 7.00. The highest BCUT2D eigenvalue weighted by Crippen LogP contribution is 2.61. The first-order valence-electron chi connectivity index (χ1n) is 37.8. The number of nitrogens with zero attached hydrogens (tertiary/aromatic N) is 5. The number of aromatic nitrogens is 3. The molecule has 0 aliphatic carbocycles. The Morgan fingerprint density at radius 2 is 0.500 bits per heavy atom. The topological polar surface area (TPSA) is 39.7 Å². The lowest BCUT2D eigenvalue weighted by atomic mass is 9.33. The van der Waals surface area contributed by atoms with Crippen molar-refractivity contribution in [1.29, 1.82) is 0 Å². The van der Waals surface area contributed by atoms with E-state index in [2.05, 4.69) is 400 Å². The summed E-state index contributed by atoms with van der Waals surface area (Å²) < 4.78 is 23.0. The number of fused-ring (bicyclic) bond motifs is 25. The maximum absolute atomic E-state index is 7.71. The van der Waals surface area contributed by atoms with Crippen molar-refractivity contribution in [1.82, 2.24) is 13.7 Å². The van der Waals surface area contributed by atoms with Gasteiger partial charge in [-0.3, -0.25) is 0 Å². The second-order valence-corrected chi connectivity index (χ2v) is 29.2. The van der Waals surface area contributed by atoms with Crippen LogP contribution in [0.4, 0.5) is 34.1 Å². The lowest BCUT2D eigenvalue weighted by Gasteiger charge is -2.47. The standard InChI is InChI=1S/C102H62BN5O2/c1-3-29-63(30-4-1)66-43-27-45-76-74-39-13-23-53-92(74)109-94-55-25-15-41-78(94)96-88(105-84-49-19-9-35-70(84)71-36-10-20-50-85(71)105)59-57-80-101(96)107(99(66)76)90-61-65(104-82-47-17-7-33-68(82)69-34-8-18-48-83(69)104)62-91-98(90)103(80)81-58-60-89(106-86-51-21-11-37-72(86)73-38-12-22-52-87(73)106)97-79-42-16-26-56-95(79)110-93-54-24-14-40-75(93)77-46-28-44-67(64-31-5-2-6-32-64)100(77)108(91)102(81)97/h1-62H. The maximum Gasteiger partial charge on any atom is 0.252 e. The Hall–Kier alpha value is -14.6. The maximum atomic E-state index is 7.71. The van der Waals surface area contributed by atoms with Gasteiger partial charge in [-0.1, -0.05) is 291 Å². The van der Waals surface area contributed by atoms with Crippen LogP contribution in [-0.4, -0.2) is 20.4 Å². The van der Waals surface area contributed by atoms with E-state index >= 15 is 0 Å². The summed E-state index contributed by atoms with van der Waals surface area (Å²) in [5.41, 5.74) is 31.6. The molecule has 17 aromatic carbocycles. The van der Waals surface area contributed by atoms with Crippen LogP contribution in [0.2, 0.25) is 0 Å². The summed E-state index contributed by atoms with van der Waals surface area (Å²) in [6, 6.07) is 139. The first-order valence-corrected chi connectivity index (χ1v) is 37.8. The van der Waals surface area contributed by atoms with E-state index < -0.39 is 6.71 Å². The van der Waals surface area contributed by atoms with Crippen molar-refractivity contribution in [2.45, 2.75) is 0 Å². The van der Waals surface area contributed by atoms with Gasteiger partial charge in [0.2, 0.25) is 0 Å². The van der Waals surface area contributed by atoms with E-state index in [-0.39, 0.29) is 0 Å². The van der Waals surface area contributed by atoms with Crippen LogP contribution in [0.3, 0.4) is 0 Å². The third kappa shape index (κ3) is 8.55. The molecule has 0 unspecified atom stereocenters. The van der Waals surface area contributed by atoms with Gasteiger partial charge in [0.1, 0.15) is 23.0 Å². The lowest BCUT2D eigenvalue weighted by molar-refractivity contribution is 0.486. The van der Waals surface area contributed by atoms with E-state index in [1.54, 1.807) is 0 Å². The SMILES string of the molecule is c1ccc(-c2cccc3c2N2c4cc(-n5c6ccccc6c6ccccc65)cc5c4B(c4ccc(-n6c7ccccc7c7ccccc76)c(c42)-c2ccccc2Oc2ccccc2-3)c2ccc(-n3c4ccccc4c4ccccc43)c3c2N5c2c(-c4ccccc4)cccc2-c2ccccc2Oc2ccccc2-3)cc1. The molecule has 510 valence electrons. The molecule has 0 bridgehead atoms. The van der Waals surface area contributed by atoms with Crippen molar-refractivity contribution in [3.63, 3.8) is 0 Å². The largest absolute Gasteiger partial charge is 0.456 e. The average Bonchev–Trinajstić information content (AvgIpc) is 0.694. The lowest BCUT2D eigenvalue weighted by Crippen LogP contribution is -2.62. The minimum absolute atomic E-state index is 0.451. The summed E-state index contributed by atoms with van der Waals surface area (Å²) in [5, 5.41) is 7.05. The normalized spacial score (nSPS) is 12.8. The molecular weight excluding hydrogens is 1340 g/mol. The van der Waals surface area contributed by atoms with Gasteiger partial charge in [-0.15, -0.1) is 0 Å². The van der Waals surface area contributed by atoms with E-state index in [1.807, 2.05) is 0 Å². The minimum Gasteiger partial charge on any atom is -0.456 e. The summed E-state index contributed by atoms with van der Waals surface area (Å²) in [7, 11) is 0. The van der Waals surface area contributed by atoms with Gasteiger partial charge in [0, 0.05) is 99.3 Å². The van der Waals surface area contributed by atoms with Crippen molar-refractivity contribution >= 4 is 123 Å². The molecule has 4 aliphatic rings. The van der Waals surface area contributed by atoms with Crippen LogP contribution in [-0.2, 0) is 0 Å². The van der Waals surface area contributed by atoms with Crippen molar-refractivity contribution in [2.24, 2.45) is 0 Å². The monoisotopic (exact) mass is 1400 g/mol. The quantitative estimate of drug-likeness (QED) is 0.161. The fourth-order valence-electron chi connectivity index (χ4n) is 19.2. The first-order chi connectivity index (χ1) is 54.7. The summed E-state index contributed by atoms with van der Waals surface area (Å²) in [4.78, 5) is 5.46. The van der Waals surface area contributed by atoms with Crippen LogP contribution in [0.15, 0.2) is 376 Å². The molecule has 20 aromatic rings. The third-order valence-electron chi connectivity index (χ3n) is 23.6. The number of benzene rings is 17. The van der Waals surface area contributed by atoms with Crippen LogP contribution in [0.25, 0.3) is 149 Å². The highest BCUT2D eigenvalue weighted by atomic mass is 16.5. The zero-order valence-electron chi connectivity index (χ0n) is 59.4. The van der Waals surface area contributed by atoms with Crippen LogP contribution < -0.4 is 35.7 Å². The second-order valence-electron chi connectivity index (χ2n) is 29.2. The van der Waals surface area contributed by atoms with Crippen LogP contribution in [0.1, 0.15) is 0 Å². The zero-order valence-corrected chi connectivity index (χ0v) is 59.4. The molecule has 7 heterocycles. The van der Waals surface area contributed by atoms with Gasteiger partial charge < -0.3 is 33.0 Å². The fourth-order valence-corrected chi connectivity index (χ4v) is 19.2. The van der Waals surface area contributed by atoms with Crippen molar-refractivity contribution in [3.05, 3.63) is 376 Å². The Morgan fingerprint density at radius 3 is 0.873 bits per heavy atom. The molecule has 0 atom stereocenters. The van der Waals surface area contributed by atoms with Crippen LogP contribution >= 0.6 is 0 Å². The number of rotatable bonds is 5. The summed E-state index contributed by atoms with van der Waals surface area (Å²) in [6.07, 6.45) is 0. The molecule has 24 rings (SSSR count). The second kappa shape index (κ2) is 23.5. The molecule has 4 aliphatic heterocycles. The van der Waals surface area contributed by atoms with Gasteiger partial charge in [0.15, 0.2) is 0 Å². The molecule has 8 heteroatoms. The van der Waals surface area contributed by atoms with E-state index in [1.165, 1.54) is 32.3 Å². The number of ether oxygens (including phenoxy) is 2. The van der Waals surface area contributed by atoms with Gasteiger partial charge in [0.05, 0.1) is 72.9 Å². The van der Waals surface area contributed by atoms with Crippen molar-refractivity contribution in [3.8, 4) is 107 Å². The molecule has 7 nitrogen and oxygen atoms in total. The Labute approximate surface area is 634 Å². The van der Waals surface area contributed by atoms with Crippen LogP contribution in [0.5, 0.6) is 23.0 Å². The van der Waals surface area contributed by atoms with E-state index in [0.717, 1.165) is 190 Å². The van der Waals surface area contributed by atoms with Gasteiger partial charge in [-0.2, -0.15) is 0 Å². The first kappa shape index (κ1) is 60.6. The molecular formula is C102H62BN5O2. The van der Waals surface area contributed by atoms with E-state index in [4.69, 9.17) is 9.47 Å². The summed E-state index contributed by atoms with van der Waals surface area (Å²) in [6.45, 7) is -0.451. The molecule has 0 radical (unpaired) electrons. The molecule has 0 saturated carbocycles.